The first-order chi connectivity index (χ1) is 9.47. The minimum Gasteiger partial charge on any atom is -0.478 e. The van der Waals surface area contributed by atoms with Gasteiger partial charge < -0.3 is 10.4 Å². The van der Waals surface area contributed by atoms with E-state index in [1.54, 1.807) is 0 Å². The summed E-state index contributed by atoms with van der Waals surface area (Å²) in [7, 11) is 0. The van der Waals surface area contributed by atoms with E-state index in [4.69, 9.17) is 5.11 Å². The molecule has 0 aliphatic carbocycles. The molecule has 0 atom stereocenters. The summed E-state index contributed by atoms with van der Waals surface area (Å²) in [4.78, 5) is 10.6. The summed E-state index contributed by atoms with van der Waals surface area (Å²) in [5, 5.41) is 11.3. The Kier molecular flexibility index (Phi) is 3.93. The van der Waals surface area contributed by atoms with Crippen molar-refractivity contribution in [1.29, 1.82) is 0 Å². The van der Waals surface area contributed by atoms with Crippen LogP contribution in [0.4, 0.5) is 18.9 Å². The van der Waals surface area contributed by atoms with Crippen molar-refractivity contribution in [1.82, 2.24) is 0 Å². The van der Waals surface area contributed by atoms with Crippen molar-refractivity contribution in [2.45, 2.75) is 6.54 Å². The third kappa shape index (κ3) is 3.09. The van der Waals surface area contributed by atoms with Gasteiger partial charge in [-0.05, 0) is 24.3 Å². The molecule has 0 amide bonds. The first kappa shape index (κ1) is 13.9. The zero-order valence-electron chi connectivity index (χ0n) is 10.2. The second-order valence-corrected chi connectivity index (χ2v) is 4.09. The lowest BCUT2D eigenvalue weighted by molar-refractivity contribution is 0.0696. The second-order valence-electron chi connectivity index (χ2n) is 4.09. The van der Waals surface area contributed by atoms with Gasteiger partial charge in [-0.2, -0.15) is 0 Å². The molecule has 0 spiro atoms. The Bertz CT molecular complexity index is 659. The largest absolute Gasteiger partial charge is 0.478 e. The lowest BCUT2D eigenvalue weighted by Crippen LogP contribution is -2.05. The van der Waals surface area contributed by atoms with E-state index in [9.17, 15) is 18.0 Å². The average Bonchev–Trinajstić information content (AvgIpc) is 2.38. The number of hydrogen-bond donors (Lipinski definition) is 2. The quantitative estimate of drug-likeness (QED) is 0.902. The van der Waals surface area contributed by atoms with Crippen molar-refractivity contribution < 1.29 is 23.1 Å². The van der Waals surface area contributed by atoms with Crippen molar-refractivity contribution >= 4 is 11.7 Å². The third-order valence-electron chi connectivity index (χ3n) is 2.70. The van der Waals surface area contributed by atoms with Gasteiger partial charge in [-0.1, -0.05) is 6.07 Å². The molecule has 0 unspecified atom stereocenters. The van der Waals surface area contributed by atoms with Crippen LogP contribution in [0.1, 0.15) is 15.9 Å². The Morgan fingerprint density at radius 2 is 1.80 bits per heavy atom. The number of carbonyl (C=O) groups is 1. The van der Waals surface area contributed by atoms with E-state index in [1.807, 2.05) is 0 Å². The minimum atomic E-state index is -1.24. The van der Waals surface area contributed by atoms with Crippen LogP contribution in [-0.2, 0) is 6.54 Å². The Balaban J connectivity index is 2.13. The van der Waals surface area contributed by atoms with Crippen molar-refractivity contribution in [2.75, 3.05) is 5.32 Å². The minimum absolute atomic E-state index is 0.0405. The van der Waals surface area contributed by atoms with E-state index < -0.39 is 23.4 Å². The van der Waals surface area contributed by atoms with Gasteiger partial charge in [0.25, 0.3) is 0 Å². The number of nitrogens with one attached hydrogen (secondary N) is 1. The third-order valence-corrected chi connectivity index (χ3v) is 2.70. The van der Waals surface area contributed by atoms with E-state index in [0.717, 1.165) is 18.2 Å². The Hall–Kier alpha value is -2.50. The van der Waals surface area contributed by atoms with Crippen LogP contribution in [0.5, 0.6) is 0 Å². The van der Waals surface area contributed by atoms with Crippen LogP contribution in [0, 0.1) is 17.5 Å². The zero-order chi connectivity index (χ0) is 14.7. The maximum Gasteiger partial charge on any atom is 0.335 e. The molecule has 0 saturated heterocycles. The Labute approximate surface area is 112 Å². The smallest absolute Gasteiger partial charge is 0.335 e. The molecule has 0 fully saturated rings. The molecule has 2 N–H and O–H groups in total. The van der Waals surface area contributed by atoms with Crippen LogP contribution in [0.3, 0.4) is 0 Å². The number of halogens is 3. The molecule has 0 aliphatic heterocycles. The SMILES string of the molecule is O=C(O)c1ccc(NCc2ccc(F)cc2F)c(F)c1. The zero-order valence-corrected chi connectivity index (χ0v) is 10.2. The molecule has 6 heteroatoms. The summed E-state index contributed by atoms with van der Waals surface area (Å²) in [6.07, 6.45) is 0. The van der Waals surface area contributed by atoms with Gasteiger partial charge in [-0.15, -0.1) is 0 Å². The van der Waals surface area contributed by atoms with Crippen molar-refractivity contribution in [2.24, 2.45) is 0 Å². The van der Waals surface area contributed by atoms with Crippen molar-refractivity contribution in [3.63, 3.8) is 0 Å². The van der Waals surface area contributed by atoms with Gasteiger partial charge in [0.05, 0.1) is 11.3 Å². The predicted molar refractivity (Wildman–Crippen MR) is 67.0 cm³/mol. The first-order valence-corrected chi connectivity index (χ1v) is 5.68. The van der Waals surface area contributed by atoms with Crippen LogP contribution in [0.2, 0.25) is 0 Å². The van der Waals surface area contributed by atoms with Gasteiger partial charge in [0, 0.05) is 18.2 Å². The molecule has 0 aromatic heterocycles. The highest BCUT2D eigenvalue weighted by Gasteiger charge is 2.09. The molecule has 0 radical (unpaired) electrons. The first-order valence-electron chi connectivity index (χ1n) is 5.68. The predicted octanol–water partition coefficient (Wildman–Crippen LogP) is 3.41. The number of carboxylic acid groups (broad SMARTS) is 1. The summed E-state index contributed by atoms with van der Waals surface area (Å²) in [5.41, 5.74) is 0.0350. The molecule has 104 valence electrons. The molecular weight excluding hydrogens is 271 g/mol. The van der Waals surface area contributed by atoms with Gasteiger partial charge in [0.15, 0.2) is 0 Å². The standard InChI is InChI=1S/C14H10F3NO2/c15-10-3-1-9(11(16)6-10)7-18-13-4-2-8(14(19)20)5-12(13)17/h1-6,18H,7H2,(H,19,20). The number of carboxylic acids is 1. The highest BCUT2D eigenvalue weighted by atomic mass is 19.1. The second kappa shape index (κ2) is 5.64. The molecule has 20 heavy (non-hydrogen) atoms. The monoisotopic (exact) mass is 281 g/mol. The Morgan fingerprint density at radius 3 is 2.40 bits per heavy atom. The van der Waals surface area contributed by atoms with E-state index in [2.05, 4.69) is 5.32 Å². The molecule has 0 bridgehead atoms. The fourth-order valence-electron chi connectivity index (χ4n) is 1.65. The molecule has 0 heterocycles. The fourth-order valence-corrected chi connectivity index (χ4v) is 1.65. The topological polar surface area (TPSA) is 49.3 Å². The lowest BCUT2D eigenvalue weighted by Gasteiger charge is -2.09. The maximum absolute atomic E-state index is 13.6. The van der Waals surface area contributed by atoms with Crippen LogP contribution in [0.25, 0.3) is 0 Å². The number of benzene rings is 2. The van der Waals surface area contributed by atoms with Gasteiger partial charge in [0.1, 0.15) is 17.5 Å². The summed E-state index contributed by atoms with van der Waals surface area (Å²) in [6.45, 7) is -0.0462. The summed E-state index contributed by atoms with van der Waals surface area (Å²) < 4.78 is 39.7. The molecule has 2 rings (SSSR count). The fraction of sp³-hybridized carbons (Fsp3) is 0.0714. The van der Waals surface area contributed by atoms with E-state index in [-0.39, 0.29) is 23.4 Å². The average molecular weight is 281 g/mol. The summed E-state index contributed by atoms with van der Waals surface area (Å²) in [6, 6.07) is 6.44. The Morgan fingerprint density at radius 1 is 1.05 bits per heavy atom. The molecular formula is C14H10F3NO2. The normalized spacial score (nSPS) is 10.3. The van der Waals surface area contributed by atoms with Crippen LogP contribution in [-0.4, -0.2) is 11.1 Å². The lowest BCUT2D eigenvalue weighted by atomic mass is 10.1. The van der Waals surface area contributed by atoms with Gasteiger partial charge in [-0.3, -0.25) is 0 Å². The summed E-state index contributed by atoms with van der Waals surface area (Å²) >= 11 is 0. The van der Waals surface area contributed by atoms with Crippen LogP contribution < -0.4 is 5.32 Å². The number of hydrogen-bond acceptors (Lipinski definition) is 2. The van der Waals surface area contributed by atoms with Gasteiger partial charge in [0.2, 0.25) is 0 Å². The molecule has 0 saturated carbocycles. The van der Waals surface area contributed by atoms with Crippen LogP contribution in [0.15, 0.2) is 36.4 Å². The van der Waals surface area contributed by atoms with E-state index in [0.29, 0.717) is 0 Å². The summed E-state index contributed by atoms with van der Waals surface area (Å²) in [5.74, 6) is -3.42. The number of rotatable bonds is 4. The molecule has 0 aliphatic rings. The highest BCUT2D eigenvalue weighted by molar-refractivity contribution is 5.88. The number of anilines is 1. The van der Waals surface area contributed by atoms with Crippen molar-refractivity contribution in [3.05, 3.63) is 65.0 Å². The molecule has 3 nitrogen and oxygen atoms in total. The van der Waals surface area contributed by atoms with Gasteiger partial charge in [-0.25, -0.2) is 18.0 Å². The molecule has 2 aromatic carbocycles. The van der Waals surface area contributed by atoms with Crippen LogP contribution >= 0.6 is 0 Å². The molecule has 2 aromatic rings. The van der Waals surface area contributed by atoms with E-state index in [1.165, 1.54) is 18.2 Å². The highest BCUT2D eigenvalue weighted by Crippen LogP contribution is 2.18. The number of aromatic carboxylic acids is 1. The van der Waals surface area contributed by atoms with Gasteiger partial charge >= 0.3 is 5.97 Å². The van der Waals surface area contributed by atoms with Crippen molar-refractivity contribution in [3.8, 4) is 0 Å². The van der Waals surface area contributed by atoms with E-state index >= 15 is 0 Å². The maximum atomic E-state index is 13.6.